The van der Waals surface area contributed by atoms with E-state index in [0.717, 1.165) is 30.3 Å². The molecule has 30 heavy (non-hydrogen) atoms. The van der Waals surface area contributed by atoms with Crippen LogP contribution in [0.4, 0.5) is 17.6 Å². The fourth-order valence-corrected chi connectivity index (χ4v) is 2.58. The largest absolute Gasteiger partial charge is 0.478 e. The summed E-state index contributed by atoms with van der Waals surface area (Å²) in [5, 5.41) is 19.3. The summed E-state index contributed by atoms with van der Waals surface area (Å²) in [5.41, 5.74) is -0.531. The molecule has 0 fully saturated rings. The molecule has 0 heterocycles. The molecule has 0 aliphatic carbocycles. The third-order valence-corrected chi connectivity index (χ3v) is 3.72. The van der Waals surface area contributed by atoms with Crippen LogP contribution in [0, 0.1) is 0 Å². The molecule has 2 rings (SSSR count). The van der Waals surface area contributed by atoms with Crippen LogP contribution in [0.2, 0.25) is 5.02 Å². The molecule has 2 aromatic carbocycles. The van der Waals surface area contributed by atoms with Crippen LogP contribution in [0.1, 0.15) is 23.3 Å². The molecule has 0 spiro atoms. The first kappa shape index (κ1) is 23.2. The summed E-state index contributed by atoms with van der Waals surface area (Å²) in [4.78, 5) is 23.7. The summed E-state index contributed by atoms with van der Waals surface area (Å²) in [5.74, 6) is -3.97. The molecule has 0 aliphatic rings. The van der Waals surface area contributed by atoms with E-state index < -0.39 is 43.1 Å². The molecule has 0 amide bonds. The van der Waals surface area contributed by atoms with E-state index in [1.807, 2.05) is 0 Å². The minimum absolute atomic E-state index is 0.151. The molecule has 2 aromatic rings. The smallest absolute Gasteiger partial charge is 0.387 e. The number of carbonyl (C=O) groups excluding carboxylic acids is 1. The van der Waals surface area contributed by atoms with Crippen LogP contribution in [0.3, 0.4) is 0 Å². The molecule has 162 valence electrons. The van der Waals surface area contributed by atoms with E-state index in [9.17, 15) is 37.4 Å². The highest BCUT2D eigenvalue weighted by atomic mass is 35.5. The predicted molar refractivity (Wildman–Crippen MR) is 92.6 cm³/mol. The Labute approximate surface area is 171 Å². The number of rotatable bonds is 9. The van der Waals surface area contributed by atoms with E-state index in [1.165, 1.54) is 12.1 Å². The number of hydrogen-bond donors (Lipinski definition) is 2. The fourth-order valence-electron chi connectivity index (χ4n) is 2.34. The quantitative estimate of drug-likeness (QED) is 0.439. The highest BCUT2D eigenvalue weighted by Gasteiger charge is 2.30. The van der Waals surface area contributed by atoms with Crippen molar-refractivity contribution < 1.29 is 51.6 Å². The van der Waals surface area contributed by atoms with Gasteiger partial charge >= 0.3 is 25.2 Å². The van der Waals surface area contributed by atoms with Crippen molar-refractivity contribution in [2.45, 2.75) is 25.4 Å². The first-order valence-electron chi connectivity index (χ1n) is 7.98. The summed E-state index contributed by atoms with van der Waals surface area (Å²) in [6.45, 7) is -6.36. The van der Waals surface area contributed by atoms with E-state index in [-0.39, 0.29) is 21.9 Å². The first-order chi connectivity index (χ1) is 14.1. The maximum atomic E-state index is 12.4. The van der Waals surface area contributed by atoms with Crippen LogP contribution in [0.15, 0.2) is 42.5 Å². The van der Waals surface area contributed by atoms with Crippen LogP contribution >= 0.6 is 11.6 Å². The second-order valence-corrected chi connectivity index (χ2v) is 6.04. The number of hydrogen-bond acceptors (Lipinski definition) is 6. The maximum Gasteiger partial charge on any atom is 0.387 e. The van der Waals surface area contributed by atoms with Gasteiger partial charge in [-0.3, -0.25) is 0 Å². The lowest BCUT2D eigenvalue weighted by Gasteiger charge is -2.18. The summed E-state index contributed by atoms with van der Waals surface area (Å²) in [6.07, 6.45) is -4.09. The van der Waals surface area contributed by atoms with Gasteiger partial charge in [0.15, 0.2) is 6.10 Å². The number of benzene rings is 2. The summed E-state index contributed by atoms with van der Waals surface area (Å²) >= 11 is 5.74. The van der Waals surface area contributed by atoms with Crippen LogP contribution in [0.25, 0.3) is 0 Å². The number of aliphatic carboxylic acids is 1. The van der Waals surface area contributed by atoms with E-state index in [1.54, 1.807) is 0 Å². The number of carboxylic acids is 1. The molecule has 2 atom stereocenters. The fraction of sp³-hybridized carbons (Fsp3) is 0.222. The van der Waals surface area contributed by atoms with Gasteiger partial charge in [0.25, 0.3) is 0 Å². The molecule has 0 aliphatic heterocycles. The number of alkyl halides is 4. The van der Waals surface area contributed by atoms with Gasteiger partial charge in [-0.1, -0.05) is 23.7 Å². The van der Waals surface area contributed by atoms with Crippen molar-refractivity contribution in [3.05, 3.63) is 58.6 Å². The number of aliphatic hydroxyl groups is 1. The van der Waals surface area contributed by atoms with Crippen molar-refractivity contribution in [1.29, 1.82) is 0 Å². The van der Waals surface area contributed by atoms with Gasteiger partial charge in [0, 0.05) is 10.6 Å². The van der Waals surface area contributed by atoms with Crippen molar-refractivity contribution in [2.75, 3.05) is 0 Å². The number of esters is 1. The Morgan fingerprint density at radius 3 is 2.10 bits per heavy atom. The number of carboxylic acid groups (broad SMARTS) is 1. The van der Waals surface area contributed by atoms with Gasteiger partial charge in [-0.05, 0) is 35.9 Å². The second kappa shape index (κ2) is 10.1. The van der Waals surface area contributed by atoms with Gasteiger partial charge in [-0.25, -0.2) is 9.59 Å². The Morgan fingerprint density at radius 2 is 1.50 bits per heavy atom. The van der Waals surface area contributed by atoms with Gasteiger partial charge in [-0.15, -0.1) is 0 Å². The molecule has 0 aromatic heterocycles. The zero-order valence-corrected chi connectivity index (χ0v) is 15.4. The molecule has 0 radical (unpaired) electrons. The Hall–Kier alpha value is -3.05. The van der Waals surface area contributed by atoms with E-state index >= 15 is 0 Å². The lowest BCUT2D eigenvalue weighted by Crippen LogP contribution is -2.23. The van der Waals surface area contributed by atoms with Crippen molar-refractivity contribution in [1.82, 2.24) is 0 Å². The predicted octanol–water partition coefficient (Wildman–Crippen LogP) is 3.95. The molecular weight excluding hydrogens is 440 g/mol. The van der Waals surface area contributed by atoms with Crippen molar-refractivity contribution in [3.63, 3.8) is 0 Å². The van der Waals surface area contributed by atoms with Crippen molar-refractivity contribution in [3.8, 4) is 11.5 Å². The third kappa shape index (κ3) is 6.49. The van der Waals surface area contributed by atoms with E-state index in [2.05, 4.69) is 9.47 Å². The number of carbonyl (C=O) groups is 2. The van der Waals surface area contributed by atoms with Gasteiger partial charge < -0.3 is 24.4 Å². The monoisotopic (exact) mass is 452 g/mol. The van der Waals surface area contributed by atoms with Gasteiger partial charge in [0.2, 0.25) is 6.10 Å². The summed E-state index contributed by atoms with van der Waals surface area (Å²) in [6, 6.07) is 7.35. The van der Waals surface area contributed by atoms with Crippen LogP contribution < -0.4 is 9.47 Å². The van der Waals surface area contributed by atoms with Crippen LogP contribution in [-0.4, -0.2) is 35.4 Å². The van der Waals surface area contributed by atoms with E-state index in [0.29, 0.717) is 0 Å². The molecule has 12 heteroatoms. The number of aliphatic hydroxyl groups excluding tert-OH is 1. The zero-order chi connectivity index (χ0) is 22.4. The molecule has 7 nitrogen and oxygen atoms in total. The topological polar surface area (TPSA) is 102 Å². The Kier molecular flexibility index (Phi) is 7.84. The summed E-state index contributed by atoms with van der Waals surface area (Å²) in [7, 11) is 0. The Bertz CT molecular complexity index is 910. The standard InChI is InChI=1S/C18H13ClF4O7/c19-10-4-9(6-12(7-10)29-18(22)23)13(24)16(27)30-14(15(25)26)8-2-1-3-11(5-8)28-17(20)21/h1-7,13-14,17-18,24H,(H,25,26)/t13-,14?/m1/s1. The molecule has 0 saturated carbocycles. The Morgan fingerprint density at radius 1 is 0.900 bits per heavy atom. The zero-order valence-electron chi connectivity index (χ0n) is 14.7. The molecule has 0 saturated heterocycles. The summed E-state index contributed by atoms with van der Waals surface area (Å²) < 4.78 is 62.5. The maximum absolute atomic E-state index is 12.4. The van der Waals surface area contributed by atoms with E-state index in [4.69, 9.17) is 16.3 Å². The second-order valence-electron chi connectivity index (χ2n) is 5.61. The number of halogens is 5. The van der Waals surface area contributed by atoms with Crippen LogP contribution in [-0.2, 0) is 14.3 Å². The van der Waals surface area contributed by atoms with Gasteiger partial charge in [0.1, 0.15) is 11.5 Å². The minimum Gasteiger partial charge on any atom is -0.478 e. The molecule has 0 bridgehead atoms. The lowest BCUT2D eigenvalue weighted by atomic mass is 10.1. The normalized spacial score (nSPS) is 13.1. The molecule has 1 unspecified atom stereocenters. The van der Waals surface area contributed by atoms with Crippen LogP contribution in [0.5, 0.6) is 11.5 Å². The van der Waals surface area contributed by atoms with Gasteiger partial charge in [-0.2, -0.15) is 17.6 Å². The van der Waals surface area contributed by atoms with Crippen molar-refractivity contribution in [2.24, 2.45) is 0 Å². The Balaban J connectivity index is 2.23. The average Bonchev–Trinajstić information content (AvgIpc) is 2.63. The third-order valence-electron chi connectivity index (χ3n) is 3.50. The average molecular weight is 453 g/mol. The SMILES string of the molecule is O=C(O)C(OC(=O)[C@H](O)c1cc(Cl)cc(OC(F)F)c1)c1cccc(OC(F)F)c1. The minimum atomic E-state index is -3.19. The van der Waals surface area contributed by atoms with Crippen molar-refractivity contribution >= 4 is 23.5 Å². The van der Waals surface area contributed by atoms with Gasteiger partial charge in [0.05, 0.1) is 0 Å². The molecular formula is C18H13ClF4O7. The molecule has 2 N–H and O–H groups in total. The highest BCUT2D eigenvalue weighted by molar-refractivity contribution is 6.30. The number of ether oxygens (including phenoxy) is 3. The lowest BCUT2D eigenvalue weighted by molar-refractivity contribution is -0.171. The highest BCUT2D eigenvalue weighted by Crippen LogP contribution is 2.29. The first-order valence-corrected chi connectivity index (χ1v) is 8.36.